The van der Waals surface area contributed by atoms with Crippen LogP contribution in [0.5, 0.6) is 0 Å². The topological polar surface area (TPSA) is 24.9 Å². The average molecular weight is 232 g/mol. The molecule has 2 rings (SSSR count). The predicted molar refractivity (Wildman–Crippen MR) is 68.5 cm³/mol. The highest BCUT2D eigenvalue weighted by Crippen LogP contribution is 2.15. The highest BCUT2D eigenvalue weighted by molar-refractivity contribution is 7.07. The first kappa shape index (κ1) is 11.3. The molecule has 2 nitrogen and oxygen atoms in total. The van der Waals surface area contributed by atoms with E-state index in [-0.39, 0.29) is 0 Å². The van der Waals surface area contributed by atoms with E-state index in [0.717, 1.165) is 17.9 Å². The van der Waals surface area contributed by atoms with Gasteiger partial charge in [-0.2, -0.15) is 11.3 Å². The quantitative estimate of drug-likeness (QED) is 0.875. The number of thiophene rings is 1. The van der Waals surface area contributed by atoms with Crippen LogP contribution in [0, 0.1) is 6.92 Å². The summed E-state index contributed by atoms with van der Waals surface area (Å²) in [6.07, 6.45) is 0. The molecule has 0 fully saturated rings. The number of hydrogen-bond acceptors (Lipinski definition) is 3. The molecule has 0 aromatic carbocycles. The van der Waals surface area contributed by atoms with Crippen molar-refractivity contribution in [1.82, 2.24) is 10.3 Å². The van der Waals surface area contributed by atoms with Crippen LogP contribution in [0.15, 0.2) is 35.0 Å². The van der Waals surface area contributed by atoms with Crippen LogP contribution in [0.3, 0.4) is 0 Å². The fraction of sp³-hybridized carbons (Fsp3) is 0.308. The molecular weight excluding hydrogens is 216 g/mol. The van der Waals surface area contributed by atoms with Gasteiger partial charge in [0.1, 0.15) is 0 Å². The number of rotatable bonds is 4. The lowest BCUT2D eigenvalue weighted by Crippen LogP contribution is -2.18. The van der Waals surface area contributed by atoms with E-state index in [1.807, 2.05) is 13.0 Å². The van der Waals surface area contributed by atoms with Crippen molar-refractivity contribution in [2.24, 2.45) is 0 Å². The number of aromatic nitrogens is 1. The van der Waals surface area contributed by atoms with Gasteiger partial charge in [0.2, 0.25) is 0 Å². The van der Waals surface area contributed by atoms with Crippen LogP contribution in [-0.4, -0.2) is 4.98 Å². The molecule has 0 amide bonds. The Morgan fingerprint density at radius 1 is 1.38 bits per heavy atom. The molecule has 0 aliphatic carbocycles. The second-order valence-corrected chi connectivity index (χ2v) is 4.71. The SMILES string of the molecule is Cc1cccc(CNC(C)c2ccsc2)n1. The molecule has 16 heavy (non-hydrogen) atoms. The van der Waals surface area contributed by atoms with Gasteiger partial charge in [-0.05, 0) is 48.4 Å². The maximum Gasteiger partial charge on any atom is 0.0545 e. The first-order valence-corrected chi connectivity index (χ1v) is 6.38. The van der Waals surface area contributed by atoms with Crippen LogP contribution in [0.1, 0.15) is 29.9 Å². The molecule has 1 N–H and O–H groups in total. The molecule has 2 heterocycles. The van der Waals surface area contributed by atoms with Crippen molar-refractivity contribution < 1.29 is 0 Å². The van der Waals surface area contributed by atoms with Gasteiger partial charge in [0.25, 0.3) is 0 Å². The monoisotopic (exact) mass is 232 g/mol. The van der Waals surface area contributed by atoms with Crippen molar-refractivity contribution in [3.63, 3.8) is 0 Å². The minimum atomic E-state index is 0.383. The number of nitrogens with zero attached hydrogens (tertiary/aromatic N) is 1. The van der Waals surface area contributed by atoms with Crippen molar-refractivity contribution in [2.45, 2.75) is 26.4 Å². The van der Waals surface area contributed by atoms with Gasteiger partial charge in [-0.25, -0.2) is 0 Å². The van der Waals surface area contributed by atoms with Crippen LogP contribution < -0.4 is 5.32 Å². The lowest BCUT2D eigenvalue weighted by molar-refractivity contribution is 0.568. The van der Waals surface area contributed by atoms with Crippen LogP contribution in [0.2, 0.25) is 0 Å². The third-order valence-electron chi connectivity index (χ3n) is 2.58. The standard InChI is InChI=1S/C13H16N2S/c1-10-4-3-5-13(15-10)8-14-11(2)12-6-7-16-9-12/h3-7,9,11,14H,8H2,1-2H3. The van der Waals surface area contributed by atoms with Crippen molar-refractivity contribution in [3.8, 4) is 0 Å². The summed E-state index contributed by atoms with van der Waals surface area (Å²) >= 11 is 1.74. The van der Waals surface area contributed by atoms with Crippen molar-refractivity contribution >= 4 is 11.3 Å². The molecule has 0 saturated carbocycles. The first-order valence-electron chi connectivity index (χ1n) is 5.44. The molecular formula is C13H16N2S. The lowest BCUT2D eigenvalue weighted by atomic mass is 10.2. The fourth-order valence-corrected chi connectivity index (χ4v) is 2.35. The Balaban J connectivity index is 1.92. The van der Waals surface area contributed by atoms with Crippen LogP contribution in [0.25, 0.3) is 0 Å². The molecule has 3 heteroatoms. The van der Waals surface area contributed by atoms with E-state index < -0.39 is 0 Å². The minimum absolute atomic E-state index is 0.383. The summed E-state index contributed by atoms with van der Waals surface area (Å²) in [5.74, 6) is 0. The Bertz CT molecular complexity index is 437. The molecule has 2 aromatic rings. The Morgan fingerprint density at radius 3 is 2.94 bits per heavy atom. The highest BCUT2D eigenvalue weighted by atomic mass is 32.1. The highest BCUT2D eigenvalue weighted by Gasteiger charge is 2.05. The zero-order valence-electron chi connectivity index (χ0n) is 9.60. The van der Waals surface area contributed by atoms with Gasteiger partial charge in [-0.15, -0.1) is 0 Å². The molecule has 0 bridgehead atoms. The summed E-state index contributed by atoms with van der Waals surface area (Å²) in [5, 5.41) is 7.76. The molecule has 84 valence electrons. The Labute approximate surface area is 100 Å². The van der Waals surface area contributed by atoms with E-state index in [1.54, 1.807) is 11.3 Å². The van der Waals surface area contributed by atoms with Crippen LogP contribution in [0.4, 0.5) is 0 Å². The minimum Gasteiger partial charge on any atom is -0.305 e. The summed E-state index contributed by atoms with van der Waals surface area (Å²) < 4.78 is 0. The Morgan fingerprint density at radius 2 is 2.25 bits per heavy atom. The largest absolute Gasteiger partial charge is 0.305 e. The molecule has 0 spiro atoms. The summed E-state index contributed by atoms with van der Waals surface area (Å²) in [5.41, 5.74) is 3.52. The summed E-state index contributed by atoms with van der Waals surface area (Å²) in [4.78, 5) is 4.47. The van der Waals surface area contributed by atoms with Gasteiger partial charge in [0.05, 0.1) is 5.69 Å². The van der Waals surface area contributed by atoms with Crippen molar-refractivity contribution in [1.29, 1.82) is 0 Å². The van der Waals surface area contributed by atoms with Gasteiger partial charge in [0, 0.05) is 18.3 Å². The third kappa shape index (κ3) is 2.90. The Kier molecular flexibility index (Phi) is 3.70. The maximum absolute atomic E-state index is 4.47. The van der Waals surface area contributed by atoms with Gasteiger partial charge < -0.3 is 5.32 Å². The van der Waals surface area contributed by atoms with E-state index in [4.69, 9.17) is 0 Å². The summed E-state index contributed by atoms with van der Waals surface area (Å²) in [6, 6.07) is 8.67. The number of aryl methyl sites for hydroxylation is 1. The molecule has 0 saturated heterocycles. The van der Waals surface area contributed by atoms with Gasteiger partial charge >= 0.3 is 0 Å². The zero-order chi connectivity index (χ0) is 11.4. The van der Waals surface area contributed by atoms with Crippen LogP contribution in [-0.2, 0) is 6.54 Å². The first-order chi connectivity index (χ1) is 7.75. The number of nitrogens with one attached hydrogen (secondary N) is 1. The summed E-state index contributed by atoms with van der Waals surface area (Å²) in [7, 11) is 0. The van der Waals surface area contributed by atoms with Crippen molar-refractivity contribution in [3.05, 3.63) is 52.0 Å². The number of pyridine rings is 1. The number of hydrogen-bond donors (Lipinski definition) is 1. The second kappa shape index (κ2) is 5.23. The van der Waals surface area contributed by atoms with E-state index in [2.05, 4.69) is 46.2 Å². The van der Waals surface area contributed by atoms with Crippen molar-refractivity contribution in [2.75, 3.05) is 0 Å². The fourth-order valence-electron chi connectivity index (χ4n) is 1.59. The summed E-state index contributed by atoms with van der Waals surface area (Å²) in [6.45, 7) is 5.02. The third-order valence-corrected chi connectivity index (χ3v) is 3.28. The lowest BCUT2D eigenvalue weighted by Gasteiger charge is -2.12. The maximum atomic E-state index is 4.47. The predicted octanol–water partition coefficient (Wildman–Crippen LogP) is 3.30. The normalized spacial score (nSPS) is 12.6. The zero-order valence-corrected chi connectivity index (χ0v) is 10.4. The van der Waals surface area contributed by atoms with Gasteiger partial charge in [-0.3, -0.25) is 4.98 Å². The van der Waals surface area contributed by atoms with E-state index >= 15 is 0 Å². The molecule has 2 aromatic heterocycles. The second-order valence-electron chi connectivity index (χ2n) is 3.93. The molecule has 0 aliphatic heterocycles. The molecule has 0 aliphatic rings. The van der Waals surface area contributed by atoms with E-state index in [0.29, 0.717) is 6.04 Å². The molecule has 0 radical (unpaired) electrons. The van der Waals surface area contributed by atoms with Gasteiger partial charge in [0.15, 0.2) is 0 Å². The average Bonchev–Trinajstić information content (AvgIpc) is 2.79. The van der Waals surface area contributed by atoms with E-state index in [1.165, 1.54) is 5.56 Å². The van der Waals surface area contributed by atoms with E-state index in [9.17, 15) is 0 Å². The van der Waals surface area contributed by atoms with Gasteiger partial charge in [-0.1, -0.05) is 6.07 Å². The van der Waals surface area contributed by atoms with Crippen LogP contribution >= 0.6 is 11.3 Å². The Hall–Kier alpha value is -1.19. The molecule has 1 atom stereocenters. The smallest absolute Gasteiger partial charge is 0.0545 e. The molecule has 1 unspecified atom stereocenters.